The number of hydroxylamine groups is 1. The van der Waals surface area contributed by atoms with Gasteiger partial charge in [0.15, 0.2) is 0 Å². The maximum atomic E-state index is 5.57. The van der Waals surface area contributed by atoms with Gasteiger partial charge in [-0.15, -0.1) is 0 Å². The fourth-order valence-corrected chi connectivity index (χ4v) is 2.27. The number of ether oxygens (including phenoxy) is 1. The Morgan fingerprint density at radius 3 is 2.85 bits per heavy atom. The highest BCUT2D eigenvalue weighted by molar-refractivity contribution is 5.70. The fraction of sp³-hybridized carbons (Fsp3) is 0.500. The van der Waals surface area contributed by atoms with Crippen LogP contribution in [0.5, 0.6) is 5.75 Å². The zero-order valence-corrected chi connectivity index (χ0v) is 12.4. The molecule has 0 aromatic heterocycles. The average molecular weight is 276 g/mol. The monoisotopic (exact) mass is 276 g/mol. The smallest absolute Gasteiger partial charge is 0.129 e. The summed E-state index contributed by atoms with van der Waals surface area (Å²) in [5.74, 6) is 0.907. The van der Waals surface area contributed by atoms with Gasteiger partial charge in [0.2, 0.25) is 0 Å². The summed E-state index contributed by atoms with van der Waals surface area (Å²) in [6.45, 7) is 8.94. The van der Waals surface area contributed by atoms with Gasteiger partial charge in [0, 0.05) is 12.1 Å². The largest absolute Gasteiger partial charge is 0.489 e. The van der Waals surface area contributed by atoms with Crippen molar-refractivity contribution in [3.63, 3.8) is 0 Å². The van der Waals surface area contributed by atoms with Gasteiger partial charge in [-0.05, 0) is 37.7 Å². The maximum Gasteiger partial charge on any atom is 0.129 e. The first-order valence-corrected chi connectivity index (χ1v) is 7.37. The predicted molar refractivity (Wildman–Crippen MR) is 81.4 cm³/mol. The number of rotatable bonds is 8. The quantitative estimate of drug-likeness (QED) is 0.584. The van der Waals surface area contributed by atoms with Crippen LogP contribution in [0.1, 0.15) is 25.8 Å². The van der Waals surface area contributed by atoms with E-state index in [2.05, 4.69) is 24.2 Å². The van der Waals surface area contributed by atoms with Crippen molar-refractivity contribution in [2.45, 2.75) is 20.3 Å². The lowest BCUT2D eigenvalue weighted by Crippen LogP contribution is -2.26. The summed E-state index contributed by atoms with van der Waals surface area (Å²) >= 11 is 0. The molecule has 0 bridgehead atoms. The van der Waals surface area contributed by atoms with E-state index in [1.807, 2.05) is 30.3 Å². The van der Waals surface area contributed by atoms with Crippen molar-refractivity contribution in [3.8, 4) is 5.75 Å². The van der Waals surface area contributed by atoms with Crippen LogP contribution in [-0.4, -0.2) is 37.7 Å². The molecule has 1 heterocycles. The molecular formula is C16H24N2O2. The molecule has 110 valence electrons. The second-order valence-corrected chi connectivity index (χ2v) is 4.76. The number of fused-ring (bicyclic) bond motifs is 1. The molecule has 0 saturated carbocycles. The predicted octanol–water partition coefficient (Wildman–Crippen LogP) is 2.67. The minimum absolute atomic E-state index is 0.585. The zero-order valence-electron chi connectivity index (χ0n) is 12.4. The van der Waals surface area contributed by atoms with Crippen LogP contribution in [0.25, 0.3) is 5.70 Å². The van der Waals surface area contributed by atoms with Crippen LogP contribution in [0.4, 0.5) is 0 Å². The van der Waals surface area contributed by atoms with E-state index in [0.717, 1.165) is 43.1 Å². The third-order valence-corrected chi connectivity index (χ3v) is 3.50. The standard InChI is InChI=1S/C16H24N2O2/c1-3-18(4-2)11-7-12-20-17-15-10-13-19-16-9-6-5-8-14(15)16/h5-6,8-10,17H,3-4,7,11-13H2,1-2H3. The molecule has 1 aromatic rings. The molecule has 0 radical (unpaired) electrons. The Bertz CT molecular complexity index is 442. The third kappa shape index (κ3) is 3.99. The molecular weight excluding hydrogens is 252 g/mol. The number of hydrogen-bond donors (Lipinski definition) is 1. The van der Waals surface area contributed by atoms with Gasteiger partial charge in [0.25, 0.3) is 0 Å². The van der Waals surface area contributed by atoms with Crippen LogP contribution < -0.4 is 10.2 Å². The van der Waals surface area contributed by atoms with E-state index >= 15 is 0 Å². The van der Waals surface area contributed by atoms with E-state index in [1.165, 1.54) is 0 Å². The van der Waals surface area contributed by atoms with E-state index in [4.69, 9.17) is 9.57 Å². The molecule has 0 atom stereocenters. The summed E-state index contributed by atoms with van der Waals surface area (Å²) in [4.78, 5) is 7.96. The molecule has 0 aliphatic carbocycles. The number of para-hydroxylation sites is 1. The van der Waals surface area contributed by atoms with Crippen LogP contribution in [0.2, 0.25) is 0 Å². The summed E-state index contributed by atoms with van der Waals surface area (Å²) in [5.41, 5.74) is 5.10. The Kier molecular flexibility index (Phi) is 5.89. The molecule has 20 heavy (non-hydrogen) atoms. The minimum atomic E-state index is 0.585. The van der Waals surface area contributed by atoms with Crippen LogP contribution >= 0.6 is 0 Å². The molecule has 4 nitrogen and oxygen atoms in total. The SMILES string of the molecule is CCN(CC)CCCONC1=CCOc2ccccc21. The normalized spacial score (nSPS) is 13.7. The molecule has 4 heteroatoms. The fourth-order valence-electron chi connectivity index (χ4n) is 2.27. The van der Waals surface area contributed by atoms with E-state index in [1.54, 1.807) is 0 Å². The molecule has 0 amide bonds. The van der Waals surface area contributed by atoms with Gasteiger partial charge in [-0.2, -0.15) is 0 Å². The lowest BCUT2D eigenvalue weighted by atomic mass is 10.1. The minimum Gasteiger partial charge on any atom is -0.489 e. The van der Waals surface area contributed by atoms with Crippen molar-refractivity contribution in [1.82, 2.24) is 10.4 Å². The van der Waals surface area contributed by atoms with E-state index in [0.29, 0.717) is 13.2 Å². The molecule has 0 unspecified atom stereocenters. The molecule has 1 aromatic carbocycles. The van der Waals surface area contributed by atoms with Gasteiger partial charge in [-0.1, -0.05) is 26.0 Å². The lowest BCUT2D eigenvalue weighted by Gasteiger charge is -2.20. The van der Waals surface area contributed by atoms with Crippen molar-refractivity contribution in [2.24, 2.45) is 0 Å². The van der Waals surface area contributed by atoms with Crippen LogP contribution in [0, 0.1) is 0 Å². The Hall–Kier alpha value is -1.52. The molecule has 0 saturated heterocycles. The first-order valence-electron chi connectivity index (χ1n) is 7.37. The second-order valence-electron chi connectivity index (χ2n) is 4.76. The van der Waals surface area contributed by atoms with Gasteiger partial charge >= 0.3 is 0 Å². The van der Waals surface area contributed by atoms with Crippen LogP contribution in [0.15, 0.2) is 30.3 Å². The van der Waals surface area contributed by atoms with Gasteiger partial charge < -0.3 is 9.64 Å². The van der Waals surface area contributed by atoms with Crippen LogP contribution in [-0.2, 0) is 4.84 Å². The average Bonchev–Trinajstić information content (AvgIpc) is 2.51. The summed E-state index contributed by atoms with van der Waals surface area (Å²) < 4.78 is 5.56. The van der Waals surface area contributed by atoms with Crippen molar-refractivity contribution >= 4 is 5.70 Å². The third-order valence-electron chi connectivity index (χ3n) is 3.50. The Balaban J connectivity index is 1.74. The molecule has 1 aliphatic rings. The van der Waals surface area contributed by atoms with E-state index in [-0.39, 0.29) is 0 Å². The Morgan fingerprint density at radius 1 is 1.25 bits per heavy atom. The highest BCUT2D eigenvalue weighted by atomic mass is 16.6. The van der Waals surface area contributed by atoms with Gasteiger partial charge in [-0.25, -0.2) is 0 Å². The Labute approximate surface area is 121 Å². The van der Waals surface area contributed by atoms with Crippen molar-refractivity contribution < 1.29 is 9.57 Å². The van der Waals surface area contributed by atoms with Crippen molar-refractivity contribution in [2.75, 3.05) is 32.8 Å². The van der Waals surface area contributed by atoms with Crippen molar-refractivity contribution in [3.05, 3.63) is 35.9 Å². The lowest BCUT2D eigenvalue weighted by molar-refractivity contribution is 0.0696. The number of benzene rings is 1. The Morgan fingerprint density at radius 2 is 2.05 bits per heavy atom. The molecule has 1 aliphatic heterocycles. The zero-order chi connectivity index (χ0) is 14.2. The van der Waals surface area contributed by atoms with Crippen LogP contribution in [0.3, 0.4) is 0 Å². The maximum absolute atomic E-state index is 5.57. The highest BCUT2D eigenvalue weighted by Gasteiger charge is 2.12. The summed E-state index contributed by atoms with van der Waals surface area (Å²) in [5, 5.41) is 0. The van der Waals surface area contributed by atoms with Crippen molar-refractivity contribution in [1.29, 1.82) is 0 Å². The molecule has 0 spiro atoms. The van der Waals surface area contributed by atoms with Gasteiger partial charge in [-0.3, -0.25) is 10.3 Å². The van der Waals surface area contributed by atoms with Gasteiger partial charge in [0.1, 0.15) is 12.4 Å². The molecule has 1 N–H and O–H groups in total. The first kappa shape index (κ1) is 14.9. The first-order chi connectivity index (χ1) is 9.85. The number of nitrogens with zero attached hydrogens (tertiary/aromatic N) is 1. The topological polar surface area (TPSA) is 33.7 Å². The molecule has 0 fully saturated rings. The molecule has 2 rings (SSSR count). The van der Waals surface area contributed by atoms with E-state index in [9.17, 15) is 0 Å². The summed E-state index contributed by atoms with van der Waals surface area (Å²) in [7, 11) is 0. The summed E-state index contributed by atoms with van der Waals surface area (Å²) in [6, 6.07) is 7.99. The van der Waals surface area contributed by atoms with E-state index < -0.39 is 0 Å². The highest BCUT2D eigenvalue weighted by Crippen LogP contribution is 2.27. The second kappa shape index (κ2) is 7.92. The van der Waals surface area contributed by atoms with Gasteiger partial charge in [0.05, 0.1) is 12.3 Å². The summed E-state index contributed by atoms with van der Waals surface area (Å²) in [6.07, 6.45) is 3.03. The number of hydrogen-bond acceptors (Lipinski definition) is 4. The number of nitrogens with one attached hydrogen (secondary N) is 1.